The zero-order valence-corrected chi connectivity index (χ0v) is 12.3. The number of ether oxygens (including phenoxy) is 2. The molecule has 4 fully saturated rings. The van der Waals surface area contributed by atoms with E-state index in [1.165, 1.54) is 25.7 Å². The van der Waals surface area contributed by atoms with Crippen LogP contribution in [-0.4, -0.2) is 34.5 Å². The lowest BCUT2D eigenvalue weighted by molar-refractivity contribution is -0.145. The SMILES string of the molecule is CC1CCCCC1CC12OC1(C(=O)O)C(C)CC1OC12. The van der Waals surface area contributed by atoms with E-state index < -0.39 is 17.2 Å². The zero-order chi connectivity index (χ0) is 14.1. The second-order valence-corrected chi connectivity index (χ2v) is 7.49. The molecule has 2 saturated heterocycles. The number of carboxylic acid groups (broad SMARTS) is 1. The highest BCUT2D eigenvalue weighted by Gasteiger charge is 2.87. The number of fused-ring (bicyclic) bond motifs is 3. The van der Waals surface area contributed by atoms with Gasteiger partial charge in [-0.25, -0.2) is 4.79 Å². The van der Waals surface area contributed by atoms with Gasteiger partial charge >= 0.3 is 5.97 Å². The number of aliphatic carboxylic acids is 1. The molecule has 0 aromatic carbocycles. The number of rotatable bonds is 3. The molecule has 7 unspecified atom stereocenters. The van der Waals surface area contributed by atoms with Gasteiger partial charge < -0.3 is 14.6 Å². The Hall–Kier alpha value is -0.610. The molecule has 2 saturated carbocycles. The molecule has 0 aromatic rings. The fourth-order valence-corrected chi connectivity index (χ4v) is 5.13. The van der Waals surface area contributed by atoms with Crippen molar-refractivity contribution in [3.8, 4) is 0 Å². The van der Waals surface area contributed by atoms with Crippen molar-refractivity contribution in [1.82, 2.24) is 0 Å². The average Bonchev–Trinajstić information content (AvgIpc) is 3.25. The summed E-state index contributed by atoms with van der Waals surface area (Å²) in [5, 5.41) is 9.73. The fraction of sp³-hybridized carbons (Fsp3) is 0.938. The van der Waals surface area contributed by atoms with Gasteiger partial charge in [0.25, 0.3) is 0 Å². The third-order valence-corrected chi connectivity index (χ3v) is 6.42. The molecule has 0 amide bonds. The van der Waals surface area contributed by atoms with Crippen molar-refractivity contribution >= 4 is 5.97 Å². The normalized spacial score (nSPS) is 56.6. The van der Waals surface area contributed by atoms with Crippen LogP contribution in [0.4, 0.5) is 0 Å². The largest absolute Gasteiger partial charge is 0.479 e. The Kier molecular flexibility index (Phi) is 2.60. The Morgan fingerprint density at radius 1 is 1.30 bits per heavy atom. The highest BCUT2D eigenvalue weighted by molar-refractivity contribution is 5.84. The van der Waals surface area contributed by atoms with Crippen molar-refractivity contribution in [2.24, 2.45) is 17.8 Å². The standard InChI is InChI=1S/C16H24O4/c1-9-5-3-4-6-11(9)8-15-13-12(19-13)7-10(2)16(15,20-15)14(17)18/h9-13H,3-8H2,1-2H3,(H,17,18). The molecule has 4 nitrogen and oxygen atoms in total. The summed E-state index contributed by atoms with van der Waals surface area (Å²) in [6.45, 7) is 4.32. The Bertz CT molecular complexity index is 450. The fourth-order valence-electron chi connectivity index (χ4n) is 5.13. The number of carbonyl (C=O) groups is 1. The van der Waals surface area contributed by atoms with Crippen LogP contribution in [0.25, 0.3) is 0 Å². The molecule has 20 heavy (non-hydrogen) atoms. The van der Waals surface area contributed by atoms with Crippen molar-refractivity contribution in [3.63, 3.8) is 0 Å². The maximum atomic E-state index is 11.8. The third-order valence-electron chi connectivity index (χ3n) is 6.42. The molecule has 0 bridgehead atoms. The molecule has 0 spiro atoms. The minimum atomic E-state index is -0.957. The monoisotopic (exact) mass is 280 g/mol. The van der Waals surface area contributed by atoms with Crippen molar-refractivity contribution in [2.75, 3.05) is 0 Å². The second-order valence-electron chi connectivity index (χ2n) is 7.49. The quantitative estimate of drug-likeness (QED) is 0.807. The Morgan fingerprint density at radius 3 is 2.75 bits per heavy atom. The van der Waals surface area contributed by atoms with E-state index in [0.29, 0.717) is 11.8 Å². The molecule has 4 heteroatoms. The predicted molar refractivity (Wildman–Crippen MR) is 72.4 cm³/mol. The summed E-state index contributed by atoms with van der Waals surface area (Å²) in [5.74, 6) is 0.563. The van der Waals surface area contributed by atoms with Crippen LogP contribution in [0.2, 0.25) is 0 Å². The topological polar surface area (TPSA) is 62.4 Å². The predicted octanol–water partition coefficient (Wildman–Crippen LogP) is 2.60. The lowest BCUT2D eigenvalue weighted by Gasteiger charge is -2.33. The molecular formula is C16H24O4. The lowest BCUT2D eigenvalue weighted by atomic mass is 9.66. The van der Waals surface area contributed by atoms with E-state index in [9.17, 15) is 9.90 Å². The first-order chi connectivity index (χ1) is 9.51. The Labute approximate surface area is 119 Å². The summed E-state index contributed by atoms with van der Waals surface area (Å²) >= 11 is 0. The maximum absolute atomic E-state index is 11.8. The molecule has 4 aliphatic rings. The van der Waals surface area contributed by atoms with E-state index in [2.05, 4.69) is 6.92 Å². The molecule has 0 radical (unpaired) electrons. The average molecular weight is 280 g/mol. The number of hydrogen-bond donors (Lipinski definition) is 1. The van der Waals surface area contributed by atoms with Gasteiger partial charge in [-0.15, -0.1) is 0 Å². The highest BCUT2D eigenvalue weighted by Crippen LogP contribution is 2.69. The Balaban J connectivity index is 1.61. The van der Waals surface area contributed by atoms with E-state index in [1.807, 2.05) is 6.92 Å². The van der Waals surface area contributed by atoms with Gasteiger partial charge in [0.15, 0.2) is 5.60 Å². The molecule has 7 atom stereocenters. The smallest absolute Gasteiger partial charge is 0.339 e. The number of carboxylic acids is 1. The summed E-state index contributed by atoms with van der Waals surface area (Å²) in [6, 6.07) is 0. The first kappa shape index (κ1) is 13.1. The van der Waals surface area contributed by atoms with E-state index in [4.69, 9.17) is 9.47 Å². The lowest BCUT2D eigenvalue weighted by Crippen LogP contribution is -2.48. The molecule has 112 valence electrons. The maximum Gasteiger partial charge on any atom is 0.339 e. The third kappa shape index (κ3) is 1.47. The van der Waals surface area contributed by atoms with Gasteiger partial charge in [-0.05, 0) is 24.7 Å². The van der Waals surface area contributed by atoms with E-state index in [-0.39, 0.29) is 18.1 Å². The van der Waals surface area contributed by atoms with Crippen LogP contribution in [-0.2, 0) is 14.3 Å². The van der Waals surface area contributed by atoms with Gasteiger partial charge in [0.1, 0.15) is 11.7 Å². The van der Waals surface area contributed by atoms with E-state index >= 15 is 0 Å². The van der Waals surface area contributed by atoms with Crippen LogP contribution in [0, 0.1) is 17.8 Å². The Morgan fingerprint density at radius 2 is 2.05 bits per heavy atom. The zero-order valence-electron chi connectivity index (χ0n) is 12.3. The van der Waals surface area contributed by atoms with Crippen molar-refractivity contribution in [2.45, 2.75) is 75.8 Å². The van der Waals surface area contributed by atoms with Gasteiger partial charge in [0.2, 0.25) is 0 Å². The molecule has 0 aromatic heterocycles. The van der Waals surface area contributed by atoms with Crippen LogP contribution in [0.1, 0.15) is 52.4 Å². The van der Waals surface area contributed by atoms with Gasteiger partial charge in [-0.2, -0.15) is 0 Å². The van der Waals surface area contributed by atoms with Crippen molar-refractivity contribution < 1.29 is 19.4 Å². The molecule has 2 aliphatic heterocycles. The van der Waals surface area contributed by atoms with Gasteiger partial charge in [0.05, 0.1) is 6.10 Å². The summed E-state index contributed by atoms with van der Waals surface area (Å²) in [5.41, 5.74) is -1.47. The number of hydrogen-bond acceptors (Lipinski definition) is 3. The van der Waals surface area contributed by atoms with Crippen LogP contribution in [0.3, 0.4) is 0 Å². The van der Waals surface area contributed by atoms with E-state index in [0.717, 1.165) is 12.8 Å². The van der Waals surface area contributed by atoms with E-state index in [1.54, 1.807) is 0 Å². The molecular weight excluding hydrogens is 256 g/mol. The summed E-state index contributed by atoms with van der Waals surface area (Å²) in [6.07, 6.45) is 7.08. The van der Waals surface area contributed by atoms with Crippen LogP contribution < -0.4 is 0 Å². The second kappa shape index (κ2) is 3.98. The molecule has 2 aliphatic carbocycles. The highest BCUT2D eigenvalue weighted by atomic mass is 16.7. The van der Waals surface area contributed by atoms with Crippen LogP contribution in [0.5, 0.6) is 0 Å². The van der Waals surface area contributed by atoms with Gasteiger partial charge in [-0.1, -0.05) is 39.5 Å². The minimum absolute atomic E-state index is 0.0453. The molecule has 1 N–H and O–H groups in total. The summed E-state index contributed by atoms with van der Waals surface area (Å²) in [7, 11) is 0. The van der Waals surface area contributed by atoms with Crippen LogP contribution in [0.15, 0.2) is 0 Å². The van der Waals surface area contributed by atoms with Crippen molar-refractivity contribution in [1.29, 1.82) is 0 Å². The summed E-state index contributed by atoms with van der Waals surface area (Å²) < 4.78 is 11.8. The molecule has 2 heterocycles. The van der Waals surface area contributed by atoms with Gasteiger partial charge in [0, 0.05) is 5.92 Å². The minimum Gasteiger partial charge on any atom is -0.479 e. The summed E-state index contributed by atoms with van der Waals surface area (Å²) in [4.78, 5) is 11.8. The van der Waals surface area contributed by atoms with Crippen LogP contribution >= 0.6 is 0 Å². The van der Waals surface area contributed by atoms with Gasteiger partial charge in [-0.3, -0.25) is 0 Å². The molecule has 4 rings (SSSR count). The first-order valence-corrected chi connectivity index (χ1v) is 8.10. The van der Waals surface area contributed by atoms with Crippen molar-refractivity contribution in [3.05, 3.63) is 0 Å². The number of epoxide rings is 2. The first-order valence-electron chi connectivity index (χ1n) is 8.10.